The summed E-state index contributed by atoms with van der Waals surface area (Å²) in [6, 6.07) is 0. The molecule has 0 heterocycles. The van der Waals surface area contributed by atoms with Gasteiger partial charge >= 0.3 is 8.25 Å². The summed E-state index contributed by atoms with van der Waals surface area (Å²) in [6.07, 6.45) is 0. The van der Waals surface area contributed by atoms with Gasteiger partial charge in [0.1, 0.15) is 0 Å². The number of hydrogen-bond acceptors (Lipinski definition) is 2. The fraction of sp³-hybridized carbons (Fsp3) is 1.00. The molecule has 3 nitrogen and oxygen atoms in total. The van der Waals surface area contributed by atoms with E-state index in [4.69, 9.17) is 28.1 Å². The summed E-state index contributed by atoms with van der Waals surface area (Å²) in [4.78, 5) is 8.00. The fourth-order valence-corrected chi connectivity index (χ4v) is 0.752. The van der Waals surface area contributed by atoms with Gasteiger partial charge in [-0.05, 0) is 0 Å². The number of halogens is 4. The van der Waals surface area contributed by atoms with Gasteiger partial charge in [0.15, 0.2) is 0 Å². The van der Waals surface area contributed by atoms with Crippen LogP contribution in [-0.4, -0.2) is 16.3 Å². The zero-order chi connectivity index (χ0) is 6.57. The molecule has 0 aromatic carbocycles. The summed E-state index contributed by atoms with van der Waals surface area (Å²) in [5, 5.41) is 0. The van der Waals surface area contributed by atoms with Crippen LogP contribution in [0.15, 0.2) is 0 Å². The van der Waals surface area contributed by atoms with Crippen molar-refractivity contribution in [1.82, 2.24) is 0 Å². The van der Waals surface area contributed by atoms with Gasteiger partial charge in [-0.2, -0.15) is 0 Å². The lowest BCUT2D eigenvalue weighted by Crippen LogP contribution is -1.99. The summed E-state index contributed by atoms with van der Waals surface area (Å²) in [7, 11) is -2.61. The molecule has 0 rings (SSSR count). The Balaban J connectivity index is -0.000000245. The zero-order valence-corrected chi connectivity index (χ0v) is 8.61. The largest absolute Gasteiger partial charge is 0.696 e. The minimum Gasteiger partial charge on any atom is -0.147 e. The Kier molecular flexibility index (Phi) is 17.6. The van der Waals surface area contributed by atoms with Crippen LogP contribution in [0.2, 0.25) is 0 Å². The van der Waals surface area contributed by atoms with E-state index >= 15 is 0 Å². The van der Waals surface area contributed by atoms with Gasteiger partial charge in [0.05, 0.1) is 5.88 Å². The molecular weight excluding hydrogens is 245 g/mol. The molecule has 0 bridgehead atoms. The van der Waals surface area contributed by atoms with Crippen molar-refractivity contribution in [2.24, 2.45) is 0 Å². The number of alkyl halides is 2. The second kappa shape index (κ2) is 10.2. The Morgan fingerprint density at radius 2 is 2.00 bits per heavy atom. The van der Waals surface area contributed by atoms with Crippen LogP contribution in [0.5, 0.6) is 0 Å². The third-order valence-corrected chi connectivity index (χ3v) is 1.57. The lowest BCUT2D eigenvalue weighted by atomic mass is 10.9. The van der Waals surface area contributed by atoms with E-state index in [2.05, 4.69) is 4.52 Å². The first kappa shape index (κ1) is 17.3. The van der Waals surface area contributed by atoms with Gasteiger partial charge in [-0.1, -0.05) is 16.1 Å². The van der Waals surface area contributed by atoms with Gasteiger partial charge in [-0.25, -0.2) is 0 Å². The molecule has 2 atom stereocenters. The molecule has 8 heteroatoms. The van der Waals surface area contributed by atoms with Crippen molar-refractivity contribution in [3.8, 4) is 0 Å². The van der Waals surface area contributed by atoms with Gasteiger partial charge in [0.2, 0.25) is 5.56 Å². The molecule has 64 valence electrons. The maximum absolute atomic E-state index is 9.75. The molecule has 1 N–H and O–H groups in total. The Morgan fingerprint density at radius 1 is 1.60 bits per heavy atom. The minimum atomic E-state index is -2.61. The molecule has 0 aromatic heterocycles. The monoisotopic (exact) mass is 249 g/mol. The van der Waals surface area contributed by atoms with Crippen molar-refractivity contribution in [1.29, 1.82) is 0 Å². The summed E-state index contributed by atoms with van der Waals surface area (Å²) in [6.45, 7) is 0. The first-order valence-electron chi connectivity index (χ1n) is 1.69. The fourth-order valence-electron chi connectivity index (χ4n) is 0.126. The van der Waals surface area contributed by atoms with Crippen molar-refractivity contribution in [3.63, 3.8) is 0 Å². The summed E-state index contributed by atoms with van der Waals surface area (Å²) in [5.74, 6) is 0.00316. The van der Waals surface area contributed by atoms with Crippen molar-refractivity contribution in [2.75, 3.05) is 5.88 Å². The third-order valence-electron chi connectivity index (χ3n) is 0.326. The molecular formula is C2H6Cl4O3P+. The molecule has 0 aliphatic carbocycles. The van der Waals surface area contributed by atoms with E-state index in [0.29, 0.717) is 0 Å². The van der Waals surface area contributed by atoms with Crippen molar-refractivity contribution in [3.05, 3.63) is 0 Å². The molecule has 0 aromatic rings. The maximum atomic E-state index is 9.75. The summed E-state index contributed by atoms with van der Waals surface area (Å²) in [5.41, 5.74) is -0.870. The van der Waals surface area contributed by atoms with E-state index in [1.54, 1.807) is 0 Å². The Morgan fingerprint density at radius 3 is 2.10 bits per heavy atom. The molecule has 0 radical (unpaired) electrons. The highest BCUT2D eigenvalue weighted by Crippen LogP contribution is 2.20. The molecule has 10 heavy (non-hydrogen) atoms. The van der Waals surface area contributed by atoms with Crippen molar-refractivity contribution >= 4 is 56.3 Å². The van der Waals surface area contributed by atoms with Crippen LogP contribution in [0.3, 0.4) is 0 Å². The Hall–Kier alpha value is 1.18. The molecule has 0 aliphatic heterocycles. The quantitative estimate of drug-likeness (QED) is 0.618. The highest BCUT2D eigenvalue weighted by atomic mass is 35.5. The van der Waals surface area contributed by atoms with Crippen LogP contribution in [0.4, 0.5) is 0 Å². The highest BCUT2D eigenvalue weighted by Gasteiger charge is 2.18. The lowest BCUT2D eigenvalue weighted by Gasteiger charge is -1.89. The first-order valence-corrected chi connectivity index (χ1v) is 3.80. The van der Waals surface area contributed by atoms with Gasteiger partial charge in [0, 0.05) is 4.57 Å². The molecule has 0 amide bonds. The molecule has 0 aliphatic rings. The average Bonchev–Trinajstić information content (AvgIpc) is 1.65. The number of hydrogen-bond donors (Lipinski definition) is 1. The predicted molar refractivity (Wildman–Crippen MR) is 45.8 cm³/mol. The van der Waals surface area contributed by atoms with Crippen molar-refractivity contribution in [2.45, 2.75) is 5.56 Å². The normalized spacial score (nSPS) is 12.5. The van der Waals surface area contributed by atoms with E-state index in [1.165, 1.54) is 0 Å². The third kappa shape index (κ3) is 11.9. The van der Waals surface area contributed by atoms with E-state index < -0.39 is 13.8 Å². The molecule has 0 spiro atoms. The van der Waals surface area contributed by atoms with Crippen LogP contribution in [0, 0.1) is 0 Å². The van der Waals surface area contributed by atoms with Gasteiger partial charge < -0.3 is 0 Å². The average molecular weight is 251 g/mol. The van der Waals surface area contributed by atoms with Gasteiger partial charge in [-0.15, -0.1) is 41.3 Å². The number of rotatable bonds is 3. The Bertz CT molecular complexity index is 90.6. The SMILES string of the molecule is Cl.Cl.O=[P+](O)OC(Cl)CCl. The van der Waals surface area contributed by atoms with Crippen molar-refractivity contribution < 1.29 is 14.0 Å². The lowest BCUT2D eigenvalue weighted by molar-refractivity contribution is 0.271. The van der Waals surface area contributed by atoms with E-state index in [9.17, 15) is 4.57 Å². The molecule has 2 unspecified atom stereocenters. The van der Waals surface area contributed by atoms with E-state index in [0.717, 1.165) is 0 Å². The van der Waals surface area contributed by atoms with Crippen LogP contribution < -0.4 is 0 Å². The zero-order valence-electron chi connectivity index (χ0n) is 4.57. The van der Waals surface area contributed by atoms with Gasteiger partial charge in [-0.3, -0.25) is 0 Å². The molecule has 0 fully saturated rings. The molecule has 0 saturated carbocycles. The maximum Gasteiger partial charge on any atom is 0.696 e. The second-order valence-electron chi connectivity index (χ2n) is 0.908. The predicted octanol–water partition coefficient (Wildman–Crippen LogP) is 2.30. The van der Waals surface area contributed by atoms with Crippen LogP contribution in [0.25, 0.3) is 0 Å². The van der Waals surface area contributed by atoms with E-state index in [-0.39, 0.29) is 30.7 Å². The smallest absolute Gasteiger partial charge is 0.147 e. The Labute approximate surface area is 81.8 Å². The topological polar surface area (TPSA) is 46.5 Å². The highest BCUT2D eigenvalue weighted by molar-refractivity contribution is 7.32. The molecule has 0 saturated heterocycles. The second-order valence-corrected chi connectivity index (χ2v) is 2.39. The van der Waals surface area contributed by atoms with Gasteiger partial charge in [0.25, 0.3) is 0 Å². The standard InChI is InChI=1S/C2H3Cl2O3P.2ClH/c3-1-2(4)7-8(5)6;;/h2H,1H2;2*1H/p+1. The van der Waals surface area contributed by atoms with Crippen LogP contribution in [0.1, 0.15) is 0 Å². The first-order chi connectivity index (χ1) is 3.66. The summed E-state index contributed by atoms with van der Waals surface area (Å²) < 4.78 is 13.8. The van der Waals surface area contributed by atoms with Crippen LogP contribution >= 0.6 is 56.3 Å². The minimum absolute atomic E-state index is 0. The van der Waals surface area contributed by atoms with Crippen LogP contribution in [-0.2, 0) is 9.09 Å². The van der Waals surface area contributed by atoms with E-state index in [1.807, 2.05) is 0 Å². The summed E-state index contributed by atoms with van der Waals surface area (Å²) >= 11 is 10.3.